The highest BCUT2D eigenvalue weighted by molar-refractivity contribution is 5.97. The number of carboxylic acids is 1. The second kappa shape index (κ2) is 12.0. The molecular weight excluding hydrogens is 480 g/mol. The normalized spacial score (nSPS) is 29.3. The molecule has 0 amide bonds. The van der Waals surface area contributed by atoms with Crippen molar-refractivity contribution in [2.45, 2.75) is 115 Å². The number of carboxylic acid groups (broad SMARTS) is 1. The predicted octanol–water partition coefficient (Wildman–Crippen LogP) is 5.53. The summed E-state index contributed by atoms with van der Waals surface area (Å²) < 4.78 is 1.96. The highest BCUT2D eigenvalue weighted by Gasteiger charge is 2.43. The lowest BCUT2D eigenvalue weighted by Gasteiger charge is -2.53. The van der Waals surface area contributed by atoms with E-state index in [-0.39, 0.29) is 17.3 Å². The third-order valence-electron chi connectivity index (χ3n) is 8.98. The third kappa shape index (κ3) is 5.80. The van der Waals surface area contributed by atoms with Crippen LogP contribution < -0.4 is 5.56 Å². The van der Waals surface area contributed by atoms with Crippen molar-refractivity contribution in [3.8, 4) is 0 Å². The van der Waals surface area contributed by atoms with E-state index in [0.717, 1.165) is 29.8 Å². The van der Waals surface area contributed by atoms with Crippen LogP contribution in [0.2, 0.25) is 0 Å². The monoisotopic (exact) mass is 522 g/mol. The quantitative estimate of drug-likeness (QED) is 0.396. The van der Waals surface area contributed by atoms with Crippen molar-refractivity contribution in [2.24, 2.45) is 11.1 Å². The van der Waals surface area contributed by atoms with Crippen LogP contribution in [0.5, 0.6) is 0 Å². The van der Waals surface area contributed by atoms with Crippen LogP contribution >= 0.6 is 0 Å². The Labute approximate surface area is 225 Å². The van der Waals surface area contributed by atoms with Crippen LogP contribution in [0, 0.1) is 5.92 Å². The van der Waals surface area contributed by atoms with Crippen LogP contribution in [0.25, 0.3) is 11.0 Å². The molecule has 1 aromatic heterocycles. The first-order valence-electron chi connectivity index (χ1n) is 14.6. The fraction of sp³-hybridized carbons (Fsp3) is 0.667. The standard InChI is InChI=1S/C30H42N4O4/c1-20-10-5-3-4-6-11-22(16-20)33-23-12-9-13-24(33)18-25(17-23)34-27-15-8-7-14-26(27)31-29(30(34)37)21(2)32-38-19-28(35)36/h7-8,14-15,20,22-25H,3-6,9-13,16-19H2,1-2H3,(H,35,36)/b32-21+/t20-,22-,23-,24+,25+/m1/s1. The van der Waals surface area contributed by atoms with Crippen LogP contribution in [-0.4, -0.2) is 56.0 Å². The Morgan fingerprint density at radius 1 is 0.974 bits per heavy atom. The number of aromatic nitrogens is 2. The van der Waals surface area contributed by atoms with Gasteiger partial charge in [0.05, 0.1) is 11.0 Å². The first-order chi connectivity index (χ1) is 18.4. The fourth-order valence-electron chi connectivity index (χ4n) is 7.37. The fourth-order valence-corrected chi connectivity index (χ4v) is 7.37. The topological polar surface area (TPSA) is 97.0 Å². The lowest BCUT2D eigenvalue weighted by molar-refractivity contribution is -0.142. The van der Waals surface area contributed by atoms with Crippen LogP contribution in [-0.2, 0) is 9.63 Å². The number of para-hydroxylation sites is 2. The first kappa shape index (κ1) is 26.9. The molecule has 38 heavy (non-hydrogen) atoms. The summed E-state index contributed by atoms with van der Waals surface area (Å²) in [5.41, 5.74) is 1.96. The molecule has 206 valence electrons. The number of nitrogens with zero attached hydrogens (tertiary/aromatic N) is 4. The largest absolute Gasteiger partial charge is 0.479 e. The number of piperidine rings is 2. The number of carbonyl (C=O) groups is 1. The summed E-state index contributed by atoms with van der Waals surface area (Å²) in [5, 5.41) is 12.8. The van der Waals surface area contributed by atoms with Gasteiger partial charge in [-0.25, -0.2) is 9.78 Å². The molecule has 8 heteroatoms. The molecule has 1 aromatic carbocycles. The molecule has 5 rings (SSSR count). The Morgan fingerprint density at radius 2 is 1.63 bits per heavy atom. The van der Waals surface area contributed by atoms with E-state index in [1.165, 1.54) is 64.2 Å². The van der Waals surface area contributed by atoms with Crippen molar-refractivity contribution in [1.82, 2.24) is 14.5 Å². The Bertz CT molecular complexity index is 1210. The second-order valence-corrected chi connectivity index (χ2v) is 11.8. The third-order valence-corrected chi connectivity index (χ3v) is 8.98. The molecule has 2 saturated heterocycles. The molecule has 0 spiro atoms. The highest BCUT2D eigenvalue weighted by Crippen LogP contribution is 2.43. The van der Waals surface area contributed by atoms with Crippen molar-refractivity contribution in [3.63, 3.8) is 0 Å². The predicted molar refractivity (Wildman–Crippen MR) is 149 cm³/mol. The number of benzene rings is 1. The Hall–Kier alpha value is -2.74. The summed E-state index contributed by atoms with van der Waals surface area (Å²) in [5.74, 6) is -0.338. The van der Waals surface area contributed by atoms with Crippen LogP contribution in [0.4, 0.5) is 0 Å². The van der Waals surface area contributed by atoms with Gasteiger partial charge in [0.15, 0.2) is 5.69 Å². The van der Waals surface area contributed by atoms with Gasteiger partial charge in [-0.15, -0.1) is 0 Å². The maximum atomic E-state index is 13.9. The van der Waals surface area contributed by atoms with Gasteiger partial charge in [-0.1, -0.05) is 62.7 Å². The Morgan fingerprint density at radius 3 is 2.37 bits per heavy atom. The van der Waals surface area contributed by atoms with E-state index in [4.69, 9.17) is 9.94 Å². The zero-order valence-corrected chi connectivity index (χ0v) is 22.8. The van der Waals surface area contributed by atoms with E-state index in [1.54, 1.807) is 6.92 Å². The van der Waals surface area contributed by atoms with Crippen molar-refractivity contribution in [3.05, 3.63) is 40.3 Å². The van der Waals surface area contributed by atoms with Crippen molar-refractivity contribution >= 4 is 22.7 Å². The zero-order valence-electron chi connectivity index (χ0n) is 22.8. The minimum Gasteiger partial charge on any atom is -0.479 e. The van der Waals surface area contributed by atoms with Crippen LogP contribution in [0.15, 0.2) is 34.2 Å². The van der Waals surface area contributed by atoms with Crippen LogP contribution in [0.1, 0.15) is 103 Å². The molecule has 0 radical (unpaired) electrons. The number of hydrogen-bond acceptors (Lipinski definition) is 6. The molecule has 2 bridgehead atoms. The number of aliphatic carboxylic acids is 1. The molecular formula is C30H42N4O4. The Kier molecular flexibility index (Phi) is 8.46. The summed E-state index contributed by atoms with van der Waals surface area (Å²) in [4.78, 5) is 37.2. The highest BCUT2D eigenvalue weighted by atomic mass is 16.6. The van der Waals surface area contributed by atoms with Gasteiger partial charge in [-0.05, 0) is 63.5 Å². The van der Waals surface area contributed by atoms with E-state index in [2.05, 4.69) is 22.0 Å². The van der Waals surface area contributed by atoms with Crippen molar-refractivity contribution in [1.29, 1.82) is 0 Å². The zero-order chi connectivity index (χ0) is 26.6. The SMILES string of the molecule is C/C(=N\OCC(=O)O)c1nc2ccccc2n([C@H]2C[C@H]3CCC[C@@H](C2)N3[C@@H]2CCCCCC[C@@H](C)C2)c1=O. The van der Waals surface area contributed by atoms with Gasteiger partial charge in [-0.3, -0.25) is 9.69 Å². The minimum absolute atomic E-state index is 0.0993. The molecule has 3 heterocycles. The number of rotatable bonds is 6. The molecule has 1 N–H and O–H groups in total. The summed E-state index contributed by atoms with van der Waals surface area (Å²) >= 11 is 0. The molecule has 2 aromatic rings. The molecule has 2 aliphatic heterocycles. The minimum atomic E-state index is -1.11. The first-order valence-corrected chi connectivity index (χ1v) is 14.6. The van der Waals surface area contributed by atoms with Crippen LogP contribution in [0.3, 0.4) is 0 Å². The summed E-state index contributed by atoms with van der Waals surface area (Å²) in [7, 11) is 0. The van der Waals surface area contributed by atoms with Crippen molar-refractivity contribution < 1.29 is 14.7 Å². The number of hydrogen-bond donors (Lipinski definition) is 1. The van der Waals surface area contributed by atoms with E-state index in [9.17, 15) is 9.59 Å². The lowest BCUT2D eigenvalue weighted by atomic mass is 9.78. The number of oxime groups is 1. The molecule has 3 fully saturated rings. The summed E-state index contributed by atoms with van der Waals surface area (Å²) in [6.07, 6.45) is 15.0. The molecule has 0 unspecified atom stereocenters. The van der Waals surface area contributed by atoms with E-state index in [1.807, 2.05) is 28.8 Å². The smallest absolute Gasteiger partial charge is 0.344 e. The van der Waals surface area contributed by atoms with E-state index < -0.39 is 12.6 Å². The summed E-state index contributed by atoms with van der Waals surface area (Å²) in [6, 6.07) is 9.56. The van der Waals surface area contributed by atoms with Gasteiger partial charge in [0.2, 0.25) is 6.61 Å². The van der Waals surface area contributed by atoms with Gasteiger partial charge < -0.3 is 14.5 Å². The van der Waals surface area contributed by atoms with Gasteiger partial charge in [-0.2, -0.15) is 0 Å². The lowest BCUT2D eigenvalue weighted by Crippen LogP contribution is -2.57. The average Bonchev–Trinajstić information content (AvgIpc) is 2.99. The molecule has 1 saturated carbocycles. The van der Waals surface area contributed by atoms with E-state index >= 15 is 0 Å². The summed E-state index contributed by atoms with van der Waals surface area (Å²) in [6.45, 7) is 3.54. The van der Waals surface area contributed by atoms with Crippen molar-refractivity contribution in [2.75, 3.05) is 6.61 Å². The van der Waals surface area contributed by atoms with Gasteiger partial charge in [0, 0.05) is 24.2 Å². The molecule has 3 aliphatic rings. The molecule has 5 atom stereocenters. The average molecular weight is 523 g/mol. The van der Waals surface area contributed by atoms with Gasteiger partial charge in [0.25, 0.3) is 5.56 Å². The van der Waals surface area contributed by atoms with Gasteiger partial charge >= 0.3 is 5.97 Å². The molecule has 8 nitrogen and oxygen atoms in total. The maximum Gasteiger partial charge on any atom is 0.344 e. The molecule has 1 aliphatic carbocycles. The second-order valence-electron chi connectivity index (χ2n) is 11.8. The number of fused-ring (bicyclic) bond motifs is 3. The van der Waals surface area contributed by atoms with Gasteiger partial charge in [0.1, 0.15) is 5.71 Å². The van der Waals surface area contributed by atoms with E-state index in [0.29, 0.717) is 23.8 Å². The maximum absolute atomic E-state index is 13.9. The Balaban J connectivity index is 1.47.